The molecule has 3 aromatic rings. The van der Waals surface area contributed by atoms with Crippen molar-refractivity contribution in [3.05, 3.63) is 87.7 Å². The molecule has 1 fully saturated rings. The summed E-state index contributed by atoms with van der Waals surface area (Å²) in [4.78, 5) is 37.7. The van der Waals surface area contributed by atoms with Crippen molar-refractivity contribution in [1.29, 1.82) is 0 Å². The first-order chi connectivity index (χ1) is 19.9. The van der Waals surface area contributed by atoms with Gasteiger partial charge < -0.3 is 16.0 Å². The van der Waals surface area contributed by atoms with E-state index in [1.165, 1.54) is 19.1 Å². The van der Waals surface area contributed by atoms with E-state index in [0.29, 0.717) is 12.1 Å². The summed E-state index contributed by atoms with van der Waals surface area (Å²) in [5, 5.41) is 5.36. The highest BCUT2D eigenvalue weighted by Gasteiger charge is 2.67. The van der Waals surface area contributed by atoms with E-state index in [4.69, 9.17) is 46.4 Å². The van der Waals surface area contributed by atoms with E-state index >= 15 is 0 Å². The van der Waals surface area contributed by atoms with Crippen molar-refractivity contribution in [2.24, 2.45) is 5.92 Å². The van der Waals surface area contributed by atoms with Crippen molar-refractivity contribution >= 4 is 81.2 Å². The molecule has 3 amide bonds. The molecule has 1 saturated carbocycles. The van der Waals surface area contributed by atoms with E-state index in [1.807, 2.05) is 5.32 Å². The first-order valence-electron chi connectivity index (χ1n) is 12.0. The zero-order valence-corrected chi connectivity index (χ0v) is 24.4. The van der Waals surface area contributed by atoms with Gasteiger partial charge in [-0.1, -0.05) is 17.7 Å². The van der Waals surface area contributed by atoms with Crippen molar-refractivity contribution in [2.75, 3.05) is 16.0 Å². The van der Waals surface area contributed by atoms with Gasteiger partial charge in [-0.2, -0.15) is 13.2 Å². The van der Waals surface area contributed by atoms with E-state index in [1.54, 1.807) is 0 Å². The monoisotopic (exact) mass is 685 g/mol. The van der Waals surface area contributed by atoms with Gasteiger partial charge in [0.2, 0.25) is 11.8 Å². The Hall–Kier alpha value is -3.19. The van der Waals surface area contributed by atoms with E-state index in [9.17, 15) is 40.7 Å². The van der Waals surface area contributed by atoms with Crippen LogP contribution in [0.15, 0.2) is 48.5 Å². The van der Waals surface area contributed by atoms with Gasteiger partial charge in [-0.3, -0.25) is 14.4 Å². The van der Waals surface area contributed by atoms with Gasteiger partial charge in [-0.05, 0) is 55.0 Å². The molecular weight excluding hydrogens is 670 g/mol. The normalized spacial score (nSPS) is 18.0. The summed E-state index contributed by atoms with van der Waals surface area (Å²) in [6, 6.07) is 7.46. The summed E-state index contributed by atoms with van der Waals surface area (Å²) in [7, 11) is 0. The van der Waals surface area contributed by atoms with Crippen molar-refractivity contribution in [1.82, 2.24) is 0 Å². The molecule has 0 radical (unpaired) electrons. The lowest BCUT2D eigenvalue weighted by Crippen LogP contribution is -2.22. The number of hydrogen-bond donors (Lipinski definition) is 3. The number of alkyl halides is 6. The van der Waals surface area contributed by atoms with Gasteiger partial charge in [-0.25, -0.2) is 13.2 Å². The Labute approximate surface area is 259 Å². The molecular formula is C27H17Cl4F6N3O3. The fourth-order valence-corrected chi connectivity index (χ4v) is 5.28. The summed E-state index contributed by atoms with van der Waals surface area (Å²) in [5.74, 6) is -9.05. The maximum atomic E-state index is 14.9. The van der Waals surface area contributed by atoms with Crippen molar-refractivity contribution in [3.8, 4) is 0 Å². The molecule has 0 bridgehead atoms. The number of carbonyl (C=O) groups excluding carboxylic acids is 3. The zero-order chi connectivity index (χ0) is 32.0. The average Bonchev–Trinajstić information content (AvgIpc) is 3.50. The van der Waals surface area contributed by atoms with Crippen LogP contribution >= 0.6 is 46.4 Å². The number of carbonyl (C=O) groups is 3. The van der Waals surface area contributed by atoms with Gasteiger partial charge in [-0.15, -0.1) is 34.8 Å². The third-order valence-electron chi connectivity index (χ3n) is 6.42. The second kappa shape index (κ2) is 12.1. The third-order valence-corrected chi connectivity index (χ3v) is 7.89. The minimum atomic E-state index is -5.00. The van der Waals surface area contributed by atoms with Gasteiger partial charge >= 0.3 is 6.18 Å². The van der Waals surface area contributed by atoms with Gasteiger partial charge in [0.1, 0.15) is 27.0 Å². The Balaban J connectivity index is 1.53. The van der Waals surface area contributed by atoms with Crippen LogP contribution in [0.2, 0.25) is 5.02 Å². The number of rotatable bonds is 7. The smallest absolute Gasteiger partial charge is 0.326 e. The zero-order valence-electron chi connectivity index (χ0n) is 21.4. The van der Waals surface area contributed by atoms with Gasteiger partial charge in [0.05, 0.1) is 27.8 Å². The lowest BCUT2D eigenvalue weighted by Gasteiger charge is -2.14. The molecule has 1 unspecified atom stereocenters. The summed E-state index contributed by atoms with van der Waals surface area (Å²) >= 11 is 24.2. The Morgan fingerprint density at radius 2 is 1.56 bits per heavy atom. The summed E-state index contributed by atoms with van der Waals surface area (Å²) < 4.78 is 80.5. The highest BCUT2D eigenvalue weighted by molar-refractivity contribution is 6.53. The molecule has 3 atom stereocenters. The van der Waals surface area contributed by atoms with Gasteiger partial charge in [0, 0.05) is 11.6 Å². The van der Waals surface area contributed by atoms with Crippen molar-refractivity contribution in [3.63, 3.8) is 0 Å². The number of hydrogen-bond acceptors (Lipinski definition) is 3. The molecule has 1 aliphatic rings. The molecule has 0 aromatic heterocycles. The fraction of sp³-hybridized carbons (Fsp3) is 0.222. The first kappa shape index (κ1) is 32.7. The van der Waals surface area contributed by atoms with Crippen LogP contribution in [0, 0.1) is 23.4 Å². The van der Waals surface area contributed by atoms with Crippen molar-refractivity contribution in [2.45, 2.75) is 28.7 Å². The Morgan fingerprint density at radius 3 is 2.19 bits per heavy atom. The van der Waals surface area contributed by atoms with E-state index in [2.05, 4.69) is 10.6 Å². The second-order valence-corrected chi connectivity index (χ2v) is 11.9. The molecule has 1 aliphatic carbocycles. The third kappa shape index (κ3) is 6.82. The summed E-state index contributed by atoms with van der Waals surface area (Å²) in [5.41, 5.74) is -3.33. The highest BCUT2D eigenvalue weighted by atomic mass is 35.5. The number of anilines is 3. The molecule has 3 aromatic carbocycles. The van der Waals surface area contributed by atoms with Crippen LogP contribution in [0.3, 0.4) is 0 Å². The van der Waals surface area contributed by atoms with Crippen LogP contribution in [0.1, 0.15) is 34.3 Å². The van der Waals surface area contributed by atoms with Crippen LogP contribution in [0.25, 0.3) is 0 Å². The summed E-state index contributed by atoms with van der Waals surface area (Å²) in [6.45, 7) is 1.28. The average molecular weight is 687 g/mol. The lowest BCUT2D eigenvalue weighted by atomic mass is 10.0. The molecule has 43 heavy (non-hydrogen) atoms. The second-order valence-electron chi connectivity index (χ2n) is 9.39. The van der Waals surface area contributed by atoms with E-state index in [-0.39, 0.29) is 21.8 Å². The Morgan fingerprint density at radius 1 is 0.907 bits per heavy atom. The predicted molar refractivity (Wildman–Crippen MR) is 150 cm³/mol. The number of amides is 3. The first-order valence-corrected chi connectivity index (χ1v) is 13.6. The molecule has 0 aliphatic heterocycles. The van der Waals surface area contributed by atoms with Gasteiger partial charge in [0.25, 0.3) is 5.91 Å². The quantitative estimate of drug-likeness (QED) is 0.173. The molecule has 228 valence electrons. The summed E-state index contributed by atoms with van der Waals surface area (Å²) in [6.07, 6.45) is -5.00. The molecule has 3 N–H and O–H groups in total. The lowest BCUT2D eigenvalue weighted by molar-refractivity contribution is -0.140. The van der Waals surface area contributed by atoms with E-state index < -0.39 is 79.8 Å². The Kier molecular flexibility index (Phi) is 9.18. The van der Waals surface area contributed by atoms with Crippen LogP contribution in [-0.4, -0.2) is 27.4 Å². The standard InChI is InChI=1S/C27H17Cl4F6N3O3/c1-10(28)23(41)40-22-17(33)6-7-18(21(22)34)39-24(42)13-9-12(3-4-15(13)29)38-25(43)20-19(26(20,30)31)11-2-5-16(32)14(8-11)27(35,36)37/h2-10,19-20H,1H3,(H,38,43)(H,39,42)(H,40,41)/t10?,19-,20+/m0/s1. The molecule has 0 spiro atoms. The Bertz CT molecular complexity index is 1630. The minimum absolute atomic E-state index is 0.0203. The molecule has 4 rings (SSSR count). The topological polar surface area (TPSA) is 87.3 Å². The van der Waals surface area contributed by atoms with Gasteiger partial charge in [0.15, 0.2) is 5.82 Å². The van der Waals surface area contributed by atoms with Crippen molar-refractivity contribution < 1.29 is 40.7 Å². The molecule has 16 heteroatoms. The maximum absolute atomic E-state index is 14.9. The molecule has 6 nitrogen and oxygen atoms in total. The minimum Gasteiger partial charge on any atom is -0.326 e. The van der Waals surface area contributed by atoms with Crippen LogP contribution in [0.5, 0.6) is 0 Å². The maximum Gasteiger partial charge on any atom is 0.419 e. The van der Waals surface area contributed by atoms with Crippen LogP contribution in [0.4, 0.5) is 43.4 Å². The van der Waals surface area contributed by atoms with Crippen LogP contribution < -0.4 is 16.0 Å². The number of nitrogens with one attached hydrogen (secondary N) is 3. The van der Waals surface area contributed by atoms with Crippen LogP contribution in [-0.2, 0) is 15.8 Å². The predicted octanol–water partition coefficient (Wildman–Crippen LogP) is 8.12. The SMILES string of the molecule is CC(Cl)C(=O)Nc1c(F)ccc(NC(=O)c2cc(NC(=O)[C@H]3[C@H](c4ccc(F)c(C(F)(F)F)c4)C3(Cl)Cl)ccc2Cl)c1F. The molecule has 0 heterocycles. The van der Waals surface area contributed by atoms with E-state index in [0.717, 1.165) is 24.3 Å². The number of halogens is 10. The number of benzene rings is 3. The highest BCUT2D eigenvalue weighted by Crippen LogP contribution is 2.65. The molecule has 0 saturated heterocycles. The fourth-order valence-electron chi connectivity index (χ4n) is 4.19. The largest absolute Gasteiger partial charge is 0.419 e.